The SMILES string of the molecule is CCC(I)CCCOc1c(OC(C)C)c(OC(C)C)c(OC(C)=O)c2ccc(Cl)cc12. The number of alkyl halides is 1. The molecular formula is C24H32ClIO5. The van der Waals surface area contributed by atoms with Crippen molar-refractivity contribution in [2.75, 3.05) is 6.61 Å². The van der Waals surface area contributed by atoms with E-state index in [0.29, 0.717) is 43.9 Å². The molecule has 0 aliphatic rings. The Morgan fingerprint density at radius 1 is 1.00 bits per heavy atom. The Balaban J connectivity index is 2.68. The van der Waals surface area contributed by atoms with Crippen LogP contribution in [0.3, 0.4) is 0 Å². The number of rotatable bonds is 11. The smallest absolute Gasteiger partial charge is 0.308 e. The van der Waals surface area contributed by atoms with E-state index in [2.05, 4.69) is 29.5 Å². The van der Waals surface area contributed by atoms with Gasteiger partial charge in [0, 0.05) is 26.6 Å². The molecule has 0 aliphatic heterocycles. The summed E-state index contributed by atoms with van der Waals surface area (Å²) in [6, 6.07) is 5.37. The molecule has 0 aliphatic carbocycles. The summed E-state index contributed by atoms with van der Waals surface area (Å²) in [6.07, 6.45) is 2.81. The summed E-state index contributed by atoms with van der Waals surface area (Å²) in [5, 5.41) is 1.95. The van der Waals surface area contributed by atoms with E-state index in [1.165, 1.54) is 6.92 Å². The molecule has 172 valence electrons. The molecule has 0 spiro atoms. The van der Waals surface area contributed by atoms with Crippen molar-refractivity contribution in [1.29, 1.82) is 0 Å². The maximum absolute atomic E-state index is 11.9. The lowest BCUT2D eigenvalue weighted by Crippen LogP contribution is -2.15. The number of fused-ring (bicyclic) bond motifs is 1. The van der Waals surface area contributed by atoms with Crippen LogP contribution in [-0.4, -0.2) is 28.7 Å². The standard InChI is InChI=1S/C24H32ClIO5/c1-7-18(26)9-8-12-28-21-20-13-17(25)10-11-19(20)22(31-16(6)27)24(30-15(4)5)23(21)29-14(2)3/h10-11,13-15,18H,7-9,12H2,1-6H3. The number of esters is 1. The number of ether oxygens (including phenoxy) is 4. The molecular weight excluding hydrogens is 531 g/mol. The van der Waals surface area contributed by atoms with Gasteiger partial charge in [0.05, 0.1) is 18.8 Å². The van der Waals surface area contributed by atoms with Crippen LogP contribution in [0.25, 0.3) is 10.8 Å². The Bertz CT molecular complexity index is 897. The molecule has 0 saturated carbocycles. The molecule has 0 radical (unpaired) electrons. The van der Waals surface area contributed by atoms with Gasteiger partial charge in [-0.15, -0.1) is 0 Å². The average molecular weight is 563 g/mol. The van der Waals surface area contributed by atoms with E-state index in [-0.39, 0.29) is 12.2 Å². The Kier molecular flexibility index (Phi) is 10.0. The first-order chi connectivity index (χ1) is 14.6. The third-order valence-corrected chi connectivity index (χ3v) is 6.13. The number of hydrogen-bond acceptors (Lipinski definition) is 5. The van der Waals surface area contributed by atoms with Gasteiger partial charge in [0.25, 0.3) is 0 Å². The van der Waals surface area contributed by atoms with Crippen LogP contribution in [0.2, 0.25) is 5.02 Å². The number of benzene rings is 2. The second-order valence-electron chi connectivity index (χ2n) is 7.93. The molecule has 2 aromatic rings. The van der Waals surface area contributed by atoms with Crippen LogP contribution >= 0.6 is 34.2 Å². The third-order valence-electron chi connectivity index (χ3n) is 4.39. The number of hydrogen-bond donors (Lipinski definition) is 0. The fourth-order valence-corrected chi connectivity index (χ4v) is 3.72. The zero-order valence-corrected chi connectivity index (χ0v) is 22.0. The van der Waals surface area contributed by atoms with Gasteiger partial charge in [-0.2, -0.15) is 0 Å². The molecule has 2 rings (SSSR count). The van der Waals surface area contributed by atoms with E-state index in [0.717, 1.165) is 24.6 Å². The molecule has 0 fully saturated rings. The highest BCUT2D eigenvalue weighted by Crippen LogP contribution is 2.52. The topological polar surface area (TPSA) is 54.0 Å². The van der Waals surface area contributed by atoms with Gasteiger partial charge in [0.2, 0.25) is 11.5 Å². The number of halogens is 2. The maximum atomic E-state index is 11.9. The molecule has 0 amide bonds. The lowest BCUT2D eigenvalue weighted by Gasteiger charge is -2.24. The summed E-state index contributed by atoms with van der Waals surface area (Å²) in [5.41, 5.74) is 0. The third kappa shape index (κ3) is 7.31. The van der Waals surface area contributed by atoms with Crippen LogP contribution in [0.15, 0.2) is 18.2 Å². The normalized spacial score (nSPS) is 12.3. The summed E-state index contributed by atoms with van der Waals surface area (Å²) in [4.78, 5) is 11.9. The molecule has 0 heterocycles. The summed E-state index contributed by atoms with van der Waals surface area (Å²) >= 11 is 8.79. The van der Waals surface area contributed by atoms with Crippen LogP contribution in [0.5, 0.6) is 23.0 Å². The summed E-state index contributed by atoms with van der Waals surface area (Å²) in [6.45, 7) is 11.8. The zero-order chi connectivity index (χ0) is 23.1. The fraction of sp³-hybridized carbons (Fsp3) is 0.542. The van der Waals surface area contributed by atoms with Gasteiger partial charge in [-0.3, -0.25) is 4.79 Å². The maximum Gasteiger partial charge on any atom is 0.308 e. The minimum atomic E-state index is -0.443. The molecule has 0 N–H and O–H groups in total. The lowest BCUT2D eigenvalue weighted by atomic mass is 10.1. The van der Waals surface area contributed by atoms with Crippen molar-refractivity contribution in [1.82, 2.24) is 0 Å². The first-order valence-corrected chi connectivity index (χ1v) is 12.3. The van der Waals surface area contributed by atoms with Gasteiger partial charge < -0.3 is 18.9 Å². The minimum Gasteiger partial charge on any atom is -0.489 e. The second kappa shape index (κ2) is 12.0. The zero-order valence-electron chi connectivity index (χ0n) is 19.1. The molecule has 1 unspecified atom stereocenters. The van der Waals surface area contributed by atoms with Crippen LogP contribution in [0.1, 0.15) is 60.8 Å². The van der Waals surface area contributed by atoms with Crippen LogP contribution < -0.4 is 18.9 Å². The summed E-state index contributed by atoms with van der Waals surface area (Å²) in [5.74, 6) is 1.22. The van der Waals surface area contributed by atoms with E-state index in [1.54, 1.807) is 12.1 Å². The Labute approximate surface area is 203 Å². The molecule has 0 bridgehead atoms. The quantitative estimate of drug-likeness (QED) is 0.0941. The van der Waals surface area contributed by atoms with Crippen molar-refractivity contribution in [2.45, 2.75) is 76.9 Å². The Hall–Kier alpha value is -1.41. The second-order valence-corrected chi connectivity index (χ2v) is 10.1. The highest BCUT2D eigenvalue weighted by Gasteiger charge is 2.27. The van der Waals surface area contributed by atoms with Gasteiger partial charge in [-0.05, 0) is 65.2 Å². The Morgan fingerprint density at radius 3 is 2.16 bits per heavy atom. The highest BCUT2D eigenvalue weighted by atomic mass is 127. The number of carbonyl (C=O) groups is 1. The largest absolute Gasteiger partial charge is 0.489 e. The van der Waals surface area contributed by atoms with Crippen molar-refractivity contribution < 1.29 is 23.7 Å². The number of carbonyl (C=O) groups excluding carboxylic acids is 1. The molecule has 1 atom stereocenters. The summed E-state index contributed by atoms with van der Waals surface area (Å²) in [7, 11) is 0. The van der Waals surface area contributed by atoms with E-state index >= 15 is 0 Å². The summed E-state index contributed by atoms with van der Waals surface area (Å²) < 4.78 is 24.8. The average Bonchev–Trinajstić information content (AvgIpc) is 2.68. The van der Waals surface area contributed by atoms with Gasteiger partial charge in [0.1, 0.15) is 0 Å². The van der Waals surface area contributed by atoms with Crippen molar-refractivity contribution in [3.05, 3.63) is 23.2 Å². The first kappa shape index (κ1) is 25.8. The van der Waals surface area contributed by atoms with E-state index < -0.39 is 5.97 Å². The highest BCUT2D eigenvalue weighted by molar-refractivity contribution is 14.1. The van der Waals surface area contributed by atoms with Crippen molar-refractivity contribution in [2.24, 2.45) is 0 Å². The van der Waals surface area contributed by atoms with Gasteiger partial charge >= 0.3 is 5.97 Å². The monoisotopic (exact) mass is 562 g/mol. The predicted octanol–water partition coefficient (Wildman–Crippen LogP) is 7.37. The molecule has 31 heavy (non-hydrogen) atoms. The Morgan fingerprint density at radius 2 is 1.61 bits per heavy atom. The van der Waals surface area contributed by atoms with Gasteiger partial charge in [-0.1, -0.05) is 41.1 Å². The van der Waals surface area contributed by atoms with Gasteiger partial charge in [0.15, 0.2) is 11.5 Å². The van der Waals surface area contributed by atoms with E-state index in [1.807, 2.05) is 33.8 Å². The van der Waals surface area contributed by atoms with Crippen LogP contribution in [0.4, 0.5) is 0 Å². The minimum absolute atomic E-state index is 0.141. The first-order valence-electron chi connectivity index (χ1n) is 10.7. The van der Waals surface area contributed by atoms with Crippen molar-refractivity contribution in [3.8, 4) is 23.0 Å². The van der Waals surface area contributed by atoms with Gasteiger partial charge in [-0.25, -0.2) is 0 Å². The molecule has 0 aromatic heterocycles. The lowest BCUT2D eigenvalue weighted by molar-refractivity contribution is -0.131. The van der Waals surface area contributed by atoms with Crippen LogP contribution in [0, 0.1) is 0 Å². The van der Waals surface area contributed by atoms with Crippen molar-refractivity contribution in [3.63, 3.8) is 0 Å². The molecule has 2 aromatic carbocycles. The van der Waals surface area contributed by atoms with E-state index in [9.17, 15) is 4.79 Å². The molecule has 0 saturated heterocycles. The van der Waals surface area contributed by atoms with Crippen LogP contribution in [-0.2, 0) is 4.79 Å². The predicted molar refractivity (Wildman–Crippen MR) is 135 cm³/mol. The molecule has 7 heteroatoms. The fourth-order valence-electron chi connectivity index (χ4n) is 3.11. The molecule has 5 nitrogen and oxygen atoms in total. The van der Waals surface area contributed by atoms with Crippen molar-refractivity contribution >= 4 is 50.9 Å². The van der Waals surface area contributed by atoms with E-state index in [4.69, 9.17) is 30.5 Å².